The maximum absolute atomic E-state index is 12.9. The molecule has 1 fully saturated rings. The summed E-state index contributed by atoms with van der Waals surface area (Å²) in [5.74, 6) is -0.159. The van der Waals surface area contributed by atoms with Gasteiger partial charge in [0.15, 0.2) is 5.13 Å². The Morgan fingerprint density at radius 1 is 1.50 bits per heavy atom. The summed E-state index contributed by atoms with van der Waals surface area (Å²) in [6.45, 7) is 7.03. The molecule has 0 saturated carbocycles. The Balaban J connectivity index is 1.72. The number of benzene rings is 1. The van der Waals surface area contributed by atoms with Crippen LogP contribution in [0.5, 0.6) is 0 Å². The van der Waals surface area contributed by atoms with Gasteiger partial charge >= 0.3 is 0 Å². The highest BCUT2D eigenvalue weighted by atomic mass is 35.5. The third kappa shape index (κ3) is 5.13. The van der Waals surface area contributed by atoms with E-state index in [2.05, 4.69) is 11.6 Å². The molecule has 2 unspecified atom stereocenters. The van der Waals surface area contributed by atoms with Gasteiger partial charge in [-0.15, -0.1) is 17.9 Å². The first-order valence-electron chi connectivity index (χ1n) is 9.06. The van der Waals surface area contributed by atoms with Gasteiger partial charge in [-0.3, -0.25) is 9.69 Å². The van der Waals surface area contributed by atoms with E-state index in [-0.39, 0.29) is 12.0 Å². The zero-order valence-corrected chi connectivity index (χ0v) is 17.9. The van der Waals surface area contributed by atoms with Crippen molar-refractivity contribution in [2.75, 3.05) is 24.7 Å². The van der Waals surface area contributed by atoms with Crippen molar-refractivity contribution in [3.05, 3.63) is 46.3 Å². The van der Waals surface area contributed by atoms with Crippen LogP contribution in [0.25, 0.3) is 11.3 Å². The van der Waals surface area contributed by atoms with E-state index in [1.165, 1.54) is 11.3 Å². The molecule has 3 rings (SSSR count). The first-order valence-corrected chi connectivity index (χ1v) is 10.7. The van der Waals surface area contributed by atoms with Gasteiger partial charge in [-0.25, -0.2) is 4.98 Å². The number of rotatable bonds is 8. The summed E-state index contributed by atoms with van der Waals surface area (Å²) in [7, 11) is 0. The molecule has 0 aliphatic carbocycles. The van der Waals surface area contributed by atoms with Gasteiger partial charge in [0.05, 0.1) is 28.5 Å². The second-order valence-corrected chi connectivity index (χ2v) is 8.14. The van der Waals surface area contributed by atoms with Crippen LogP contribution in [-0.2, 0) is 14.3 Å². The van der Waals surface area contributed by atoms with Crippen molar-refractivity contribution < 1.29 is 14.3 Å². The predicted octanol–water partition coefficient (Wildman–Crippen LogP) is 5.22. The van der Waals surface area contributed by atoms with E-state index in [4.69, 9.17) is 32.7 Å². The van der Waals surface area contributed by atoms with Crippen LogP contribution < -0.4 is 4.90 Å². The van der Waals surface area contributed by atoms with Crippen LogP contribution in [-0.4, -0.2) is 42.9 Å². The number of aromatic nitrogens is 1. The molecule has 1 aromatic heterocycles. The van der Waals surface area contributed by atoms with Crippen LogP contribution in [0.3, 0.4) is 0 Å². The smallest absolute Gasteiger partial charge is 0.257 e. The highest BCUT2D eigenvalue weighted by Crippen LogP contribution is 2.32. The van der Waals surface area contributed by atoms with Crippen LogP contribution >= 0.6 is 34.5 Å². The van der Waals surface area contributed by atoms with Gasteiger partial charge in [-0.05, 0) is 31.9 Å². The van der Waals surface area contributed by atoms with Crippen molar-refractivity contribution in [1.29, 1.82) is 0 Å². The number of carbonyl (C=O) groups excluding carboxylic acids is 1. The van der Waals surface area contributed by atoms with E-state index in [1.807, 2.05) is 11.4 Å². The molecule has 2 aromatic rings. The minimum atomic E-state index is -0.596. The van der Waals surface area contributed by atoms with Crippen molar-refractivity contribution >= 4 is 45.6 Å². The Morgan fingerprint density at radius 2 is 2.32 bits per heavy atom. The third-order valence-corrected chi connectivity index (χ3v) is 6.02. The SMILES string of the molecule is C=CCN(C(=O)C(C)OCC1CCCO1)c1nc(-c2ccc(Cl)c(Cl)c2)cs1. The second kappa shape index (κ2) is 9.85. The molecular formula is C20H22Cl2N2O3S. The van der Waals surface area contributed by atoms with Gasteiger partial charge in [0.1, 0.15) is 6.10 Å². The van der Waals surface area contributed by atoms with Crippen molar-refractivity contribution in [3.8, 4) is 11.3 Å². The van der Waals surface area contributed by atoms with E-state index < -0.39 is 6.10 Å². The van der Waals surface area contributed by atoms with E-state index >= 15 is 0 Å². The molecule has 0 spiro atoms. The second-order valence-electron chi connectivity index (χ2n) is 6.49. The van der Waals surface area contributed by atoms with Crippen LogP contribution in [0.15, 0.2) is 36.2 Å². The molecule has 5 nitrogen and oxygen atoms in total. The standard InChI is InChI=1S/C20H22Cl2N2O3S/c1-3-8-24(19(25)13(2)27-11-15-5-4-9-26-15)20-23-18(12-28-20)14-6-7-16(21)17(22)10-14/h3,6-7,10,12-13,15H,1,4-5,8-9,11H2,2H3. The summed E-state index contributed by atoms with van der Waals surface area (Å²) >= 11 is 13.5. The summed E-state index contributed by atoms with van der Waals surface area (Å²) in [6, 6.07) is 5.34. The molecule has 1 aliphatic heterocycles. The summed E-state index contributed by atoms with van der Waals surface area (Å²) < 4.78 is 11.3. The number of anilines is 1. The van der Waals surface area contributed by atoms with Crippen molar-refractivity contribution in [2.24, 2.45) is 0 Å². The third-order valence-electron chi connectivity index (χ3n) is 4.42. The van der Waals surface area contributed by atoms with E-state index in [0.717, 1.165) is 30.7 Å². The number of amides is 1. The number of halogens is 2. The topological polar surface area (TPSA) is 51.7 Å². The fraction of sp³-hybridized carbons (Fsp3) is 0.400. The van der Waals surface area contributed by atoms with Gasteiger partial charge in [-0.2, -0.15) is 0 Å². The van der Waals surface area contributed by atoms with Gasteiger partial charge in [0.25, 0.3) is 5.91 Å². The largest absolute Gasteiger partial charge is 0.376 e. The first kappa shape index (κ1) is 21.3. The monoisotopic (exact) mass is 440 g/mol. The summed E-state index contributed by atoms with van der Waals surface area (Å²) in [5.41, 5.74) is 1.57. The lowest BCUT2D eigenvalue weighted by molar-refractivity contribution is -0.130. The molecule has 0 radical (unpaired) electrons. The van der Waals surface area contributed by atoms with E-state index in [9.17, 15) is 4.79 Å². The Morgan fingerprint density at radius 3 is 3.00 bits per heavy atom. The summed E-state index contributed by atoms with van der Waals surface area (Å²) in [6.07, 6.45) is 3.16. The van der Waals surface area contributed by atoms with Gasteiger partial charge in [0.2, 0.25) is 0 Å². The average molecular weight is 441 g/mol. The Kier molecular flexibility index (Phi) is 7.48. The zero-order chi connectivity index (χ0) is 20.1. The van der Waals surface area contributed by atoms with Gasteiger partial charge in [0, 0.05) is 24.1 Å². The lowest BCUT2D eigenvalue weighted by atomic mass is 10.2. The molecule has 1 aromatic carbocycles. The fourth-order valence-corrected chi connectivity index (χ4v) is 4.03. The minimum absolute atomic E-state index is 0.0734. The lowest BCUT2D eigenvalue weighted by Crippen LogP contribution is -2.40. The van der Waals surface area contributed by atoms with Gasteiger partial charge in [-0.1, -0.05) is 35.3 Å². The Hall–Kier alpha value is -1.44. The summed E-state index contributed by atoms with van der Waals surface area (Å²) in [5, 5.41) is 3.42. The number of hydrogen-bond donors (Lipinski definition) is 0. The molecule has 150 valence electrons. The molecule has 28 heavy (non-hydrogen) atoms. The minimum Gasteiger partial charge on any atom is -0.376 e. The maximum Gasteiger partial charge on any atom is 0.257 e. The number of hydrogen-bond acceptors (Lipinski definition) is 5. The van der Waals surface area contributed by atoms with Crippen LogP contribution in [0.2, 0.25) is 10.0 Å². The average Bonchev–Trinajstić information content (AvgIpc) is 3.38. The molecule has 2 heterocycles. The quantitative estimate of drug-likeness (QED) is 0.527. The molecule has 2 atom stereocenters. The summed E-state index contributed by atoms with van der Waals surface area (Å²) in [4.78, 5) is 19.1. The molecular weight excluding hydrogens is 419 g/mol. The number of ether oxygens (including phenoxy) is 2. The van der Waals surface area contributed by atoms with Crippen LogP contribution in [0.1, 0.15) is 19.8 Å². The lowest BCUT2D eigenvalue weighted by Gasteiger charge is -2.23. The van der Waals surface area contributed by atoms with Crippen LogP contribution in [0, 0.1) is 0 Å². The highest BCUT2D eigenvalue weighted by Gasteiger charge is 2.26. The van der Waals surface area contributed by atoms with E-state index in [0.29, 0.717) is 28.3 Å². The van der Waals surface area contributed by atoms with Crippen molar-refractivity contribution in [1.82, 2.24) is 4.98 Å². The van der Waals surface area contributed by atoms with Crippen molar-refractivity contribution in [2.45, 2.75) is 32.0 Å². The highest BCUT2D eigenvalue weighted by molar-refractivity contribution is 7.14. The van der Waals surface area contributed by atoms with Crippen LogP contribution in [0.4, 0.5) is 5.13 Å². The number of thiazole rings is 1. The molecule has 1 amide bonds. The Labute approximate surface area is 178 Å². The van der Waals surface area contributed by atoms with E-state index in [1.54, 1.807) is 30.0 Å². The normalized spacial score (nSPS) is 17.5. The Bertz CT molecular complexity index is 837. The molecule has 1 saturated heterocycles. The molecule has 0 bridgehead atoms. The number of nitrogens with zero attached hydrogens (tertiary/aromatic N) is 2. The van der Waals surface area contributed by atoms with Gasteiger partial charge < -0.3 is 9.47 Å². The maximum atomic E-state index is 12.9. The number of carbonyl (C=O) groups is 1. The predicted molar refractivity (Wildman–Crippen MR) is 115 cm³/mol. The molecule has 8 heteroatoms. The fourth-order valence-electron chi connectivity index (χ4n) is 2.89. The molecule has 1 aliphatic rings. The van der Waals surface area contributed by atoms with Crippen molar-refractivity contribution in [3.63, 3.8) is 0 Å². The first-order chi connectivity index (χ1) is 13.5. The molecule has 0 N–H and O–H groups in total. The zero-order valence-electron chi connectivity index (χ0n) is 15.6.